The van der Waals surface area contributed by atoms with Crippen LogP contribution in [0.4, 0.5) is 0 Å². The first kappa shape index (κ1) is 16.8. The topological polar surface area (TPSA) is 38.5 Å². The van der Waals surface area contributed by atoms with E-state index in [1.807, 2.05) is 6.07 Å². The highest BCUT2D eigenvalue weighted by Gasteiger charge is 2.26. The van der Waals surface area contributed by atoms with Gasteiger partial charge >= 0.3 is 0 Å². The normalized spacial score (nSPS) is 18.7. The molecule has 3 nitrogen and oxygen atoms in total. The Bertz CT molecular complexity index is 444. The number of hydrogen-bond donors (Lipinski definition) is 1. The van der Waals surface area contributed by atoms with E-state index in [0.29, 0.717) is 6.54 Å². The van der Waals surface area contributed by atoms with E-state index in [1.54, 1.807) is 7.11 Å². The van der Waals surface area contributed by atoms with Gasteiger partial charge in [0.1, 0.15) is 5.75 Å². The van der Waals surface area contributed by atoms with Gasteiger partial charge in [0.25, 0.3) is 0 Å². The lowest BCUT2D eigenvalue weighted by Crippen LogP contribution is -2.40. The lowest BCUT2D eigenvalue weighted by molar-refractivity contribution is 0.131. The smallest absolute Gasteiger partial charge is 0.119 e. The fourth-order valence-corrected chi connectivity index (χ4v) is 3.85. The zero-order chi connectivity index (χ0) is 15.2. The minimum atomic E-state index is 0.275. The Kier molecular flexibility index (Phi) is 6.52. The van der Waals surface area contributed by atoms with Crippen molar-refractivity contribution in [2.75, 3.05) is 26.7 Å². The molecule has 1 aromatic carbocycles. The summed E-state index contributed by atoms with van der Waals surface area (Å²) >= 11 is 3.67. The minimum absolute atomic E-state index is 0.275. The van der Waals surface area contributed by atoms with E-state index in [-0.39, 0.29) is 6.04 Å². The summed E-state index contributed by atoms with van der Waals surface area (Å²) in [5, 5.41) is 0. The summed E-state index contributed by atoms with van der Waals surface area (Å²) in [7, 11) is 1.71. The van der Waals surface area contributed by atoms with Gasteiger partial charge < -0.3 is 10.5 Å². The summed E-state index contributed by atoms with van der Waals surface area (Å²) in [6, 6.07) is 6.42. The third-order valence-electron chi connectivity index (χ3n) is 4.57. The number of hydrogen-bond acceptors (Lipinski definition) is 3. The Morgan fingerprint density at radius 2 is 2.10 bits per heavy atom. The Labute approximate surface area is 137 Å². The lowest BCUT2D eigenvalue weighted by Gasteiger charge is -2.37. The van der Waals surface area contributed by atoms with Crippen molar-refractivity contribution in [1.82, 2.24) is 4.90 Å². The second kappa shape index (κ2) is 8.16. The number of nitrogens with two attached hydrogens (primary N) is 1. The molecule has 1 aliphatic heterocycles. The van der Waals surface area contributed by atoms with Gasteiger partial charge in [-0.2, -0.15) is 0 Å². The summed E-state index contributed by atoms with van der Waals surface area (Å²) in [6.07, 6.45) is 5.26. The second-order valence-electron chi connectivity index (χ2n) is 5.91. The number of benzene rings is 1. The van der Waals surface area contributed by atoms with Crippen LogP contribution in [-0.4, -0.2) is 31.6 Å². The van der Waals surface area contributed by atoms with E-state index in [9.17, 15) is 0 Å². The number of piperidine rings is 1. The standard InChI is InChI=1S/C17H27BrN2O/c1-3-4-13-7-9-20(10-8-13)17(12-19)15-11-14(21-2)5-6-16(15)18/h5-6,11,13,17H,3-4,7-10,12,19H2,1-2H3. The highest BCUT2D eigenvalue weighted by Crippen LogP contribution is 2.33. The first-order chi connectivity index (χ1) is 10.2. The van der Waals surface area contributed by atoms with E-state index < -0.39 is 0 Å². The maximum atomic E-state index is 6.09. The summed E-state index contributed by atoms with van der Waals surface area (Å²) in [4.78, 5) is 2.53. The van der Waals surface area contributed by atoms with Crippen molar-refractivity contribution < 1.29 is 4.74 Å². The predicted octanol–water partition coefficient (Wildman–Crippen LogP) is 3.97. The van der Waals surface area contributed by atoms with Crippen LogP contribution in [0.1, 0.15) is 44.2 Å². The molecule has 21 heavy (non-hydrogen) atoms. The number of nitrogens with zero attached hydrogens (tertiary/aromatic N) is 1. The molecule has 1 heterocycles. The molecule has 2 N–H and O–H groups in total. The van der Waals surface area contributed by atoms with E-state index in [4.69, 9.17) is 10.5 Å². The largest absolute Gasteiger partial charge is 0.497 e. The Balaban J connectivity index is 2.10. The molecular formula is C17H27BrN2O. The zero-order valence-corrected chi connectivity index (χ0v) is 14.7. The maximum absolute atomic E-state index is 6.09. The zero-order valence-electron chi connectivity index (χ0n) is 13.1. The van der Waals surface area contributed by atoms with Crippen molar-refractivity contribution in [2.24, 2.45) is 11.7 Å². The highest BCUT2D eigenvalue weighted by molar-refractivity contribution is 9.10. The molecule has 1 saturated heterocycles. The van der Waals surface area contributed by atoms with Crippen molar-refractivity contribution in [3.8, 4) is 5.75 Å². The first-order valence-electron chi connectivity index (χ1n) is 7.97. The quantitative estimate of drug-likeness (QED) is 0.839. The summed E-state index contributed by atoms with van der Waals surface area (Å²) in [6.45, 7) is 5.22. The van der Waals surface area contributed by atoms with Crippen molar-refractivity contribution in [1.29, 1.82) is 0 Å². The van der Waals surface area contributed by atoms with Crippen LogP contribution in [0.5, 0.6) is 5.75 Å². The average Bonchev–Trinajstić information content (AvgIpc) is 2.51. The van der Waals surface area contributed by atoms with Gasteiger partial charge in [-0.25, -0.2) is 0 Å². The van der Waals surface area contributed by atoms with Crippen LogP contribution in [0.3, 0.4) is 0 Å². The van der Waals surface area contributed by atoms with E-state index in [0.717, 1.165) is 29.2 Å². The van der Waals surface area contributed by atoms with E-state index in [2.05, 4.69) is 39.9 Å². The number of ether oxygens (including phenoxy) is 1. The maximum Gasteiger partial charge on any atom is 0.119 e. The van der Waals surface area contributed by atoms with Crippen LogP contribution in [0.2, 0.25) is 0 Å². The fraction of sp³-hybridized carbons (Fsp3) is 0.647. The van der Waals surface area contributed by atoms with Gasteiger partial charge in [0.2, 0.25) is 0 Å². The molecule has 0 saturated carbocycles. The molecule has 0 amide bonds. The summed E-state index contributed by atoms with van der Waals surface area (Å²) in [5.41, 5.74) is 7.33. The van der Waals surface area contributed by atoms with Gasteiger partial charge in [-0.15, -0.1) is 0 Å². The van der Waals surface area contributed by atoms with Crippen LogP contribution >= 0.6 is 15.9 Å². The number of likely N-dealkylation sites (tertiary alicyclic amines) is 1. The van der Waals surface area contributed by atoms with Crippen LogP contribution < -0.4 is 10.5 Å². The minimum Gasteiger partial charge on any atom is -0.497 e. The van der Waals surface area contributed by atoms with Gasteiger partial charge in [-0.1, -0.05) is 35.7 Å². The number of rotatable bonds is 6. The predicted molar refractivity (Wildman–Crippen MR) is 91.7 cm³/mol. The SMILES string of the molecule is CCCC1CCN(C(CN)c2cc(OC)ccc2Br)CC1. The monoisotopic (exact) mass is 354 g/mol. The Morgan fingerprint density at radius 1 is 1.38 bits per heavy atom. The van der Waals surface area contributed by atoms with Crippen molar-refractivity contribution in [3.05, 3.63) is 28.2 Å². The van der Waals surface area contributed by atoms with E-state index in [1.165, 1.54) is 31.2 Å². The Hall–Kier alpha value is -0.580. The summed E-state index contributed by atoms with van der Waals surface area (Å²) < 4.78 is 6.48. The molecule has 4 heteroatoms. The van der Waals surface area contributed by atoms with Crippen LogP contribution in [0.15, 0.2) is 22.7 Å². The van der Waals surface area contributed by atoms with Crippen molar-refractivity contribution in [3.63, 3.8) is 0 Å². The fourth-order valence-electron chi connectivity index (χ4n) is 3.34. The average molecular weight is 355 g/mol. The van der Waals surface area contributed by atoms with Gasteiger partial charge in [0.05, 0.1) is 7.11 Å². The van der Waals surface area contributed by atoms with Crippen molar-refractivity contribution >= 4 is 15.9 Å². The van der Waals surface area contributed by atoms with Gasteiger partial charge in [-0.3, -0.25) is 4.90 Å². The lowest BCUT2D eigenvalue weighted by atomic mass is 9.91. The molecule has 1 unspecified atom stereocenters. The molecule has 118 valence electrons. The first-order valence-corrected chi connectivity index (χ1v) is 8.76. The van der Waals surface area contributed by atoms with Crippen molar-refractivity contribution in [2.45, 2.75) is 38.6 Å². The summed E-state index contributed by atoms with van der Waals surface area (Å²) in [5.74, 6) is 1.80. The highest BCUT2D eigenvalue weighted by atomic mass is 79.9. The molecule has 0 spiro atoms. The Morgan fingerprint density at radius 3 is 2.67 bits per heavy atom. The molecule has 1 atom stereocenters. The molecule has 0 aromatic heterocycles. The molecule has 0 bridgehead atoms. The van der Waals surface area contributed by atoms with Crippen LogP contribution in [-0.2, 0) is 0 Å². The molecule has 1 fully saturated rings. The molecule has 1 aliphatic rings. The third-order valence-corrected chi connectivity index (χ3v) is 5.29. The molecule has 2 rings (SSSR count). The van der Waals surface area contributed by atoms with Crippen LogP contribution in [0.25, 0.3) is 0 Å². The number of methoxy groups -OCH3 is 1. The van der Waals surface area contributed by atoms with Gasteiger partial charge in [0.15, 0.2) is 0 Å². The van der Waals surface area contributed by atoms with Crippen LogP contribution in [0, 0.1) is 5.92 Å². The van der Waals surface area contributed by atoms with E-state index >= 15 is 0 Å². The number of halogens is 1. The molecular weight excluding hydrogens is 328 g/mol. The second-order valence-corrected chi connectivity index (χ2v) is 6.76. The molecule has 0 radical (unpaired) electrons. The molecule has 1 aromatic rings. The van der Waals surface area contributed by atoms with Gasteiger partial charge in [-0.05, 0) is 55.6 Å². The third kappa shape index (κ3) is 4.21. The molecule has 0 aliphatic carbocycles. The van der Waals surface area contributed by atoms with Gasteiger partial charge in [0, 0.05) is 17.1 Å².